The fourth-order valence-corrected chi connectivity index (χ4v) is 2.55. The Hall–Kier alpha value is -2.35. The van der Waals surface area contributed by atoms with Crippen LogP contribution < -0.4 is 5.32 Å². The summed E-state index contributed by atoms with van der Waals surface area (Å²) in [6.45, 7) is 1.80. The molecule has 1 amide bonds. The zero-order valence-electron chi connectivity index (χ0n) is 12.1. The first kappa shape index (κ1) is 17.0. The summed E-state index contributed by atoms with van der Waals surface area (Å²) >= 11 is 11.8. The number of hydrogen-bond acceptors (Lipinski definition) is 3. The third kappa shape index (κ3) is 3.89. The van der Waals surface area contributed by atoms with E-state index in [1.54, 1.807) is 25.1 Å². The number of carbonyl (C=O) groups excluding carboxylic acids is 2. The van der Waals surface area contributed by atoms with Crippen molar-refractivity contribution in [3.8, 4) is 6.07 Å². The molecule has 0 aliphatic carbocycles. The third-order valence-electron chi connectivity index (χ3n) is 3.28. The van der Waals surface area contributed by atoms with Crippen molar-refractivity contribution in [2.24, 2.45) is 0 Å². The maximum Gasteiger partial charge on any atom is 0.293 e. The van der Waals surface area contributed by atoms with Gasteiger partial charge in [-0.2, -0.15) is 5.26 Å². The van der Waals surface area contributed by atoms with Gasteiger partial charge in [-0.05, 0) is 36.2 Å². The molecule has 0 spiro atoms. The van der Waals surface area contributed by atoms with Crippen LogP contribution in [-0.2, 0) is 9.59 Å². The minimum absolute atomic E-state index is 0.168. The standard InChI is InChI=1S/C17H12Cl2N2O2/c1-10-4-2-3-5-15(10)21-17(23)16(22)13(9-20)12-7-6-11(18)8-14(12)19/h2-8,13H,1H3,(H,21,23)/t13-/m0/s1. The number of carbonyl (C=O) groups is 2. The molecule has 0 saturated carbocycles. The Morgan fingerprint density at radius 1 is 1.17 bits per heavy atom. The summed E-state index contributed by atoms with van der Waals surface area (Å²) < 4.78 is 0. The number of amides is 1. The predicted molar refractivity (Wildman–Crippen MR) is 89.6 cm³/mol. The van der Waals surface area contributed by atoms with Crippen LogP contribution in [0.2, 0.25) is 10.0 Å². The van der Waals surface area contributed by atoms with Gasteiger partial charge >= 0.3 is 0 Å². The summed E-state index contributed by atoms with van der Waals surface area (Å²) in [4.78, 5) is 24.4. The lowest BCUT2D eigenvalue weighted by Crippen LogP contribution is -2.28. The van der Waals surface area contributed by atoms with Crippen molar-refractivity contribution in [1.29, 1.82) is 5.26 Å². The first-order chi connectivity index (χ1) is 10.9. The lowest BCUT2D eigenvalue weighted by Gasteiger charge is -2.12. The number of hydrogen-bond donors (Lipinski definition) is 1. The molecule has 0 fully saturated rings. The van der Waals surface area contributed by atoms with Gasteiger partial charge in [0, 0.05) is 15.7 Å². The first-order valence-electron chi connectivity index (χ1n) is 6.69. The number of benzene rings is 2. The predicted octanol–water partition coefficient (Wildman–Crippen LogP) is 4.12. The number of Topliss-reactive ketones (excluding diaryl/α,β-unsaturated/α-hetero) is 1. The van der Waals surface area contributed by atoms with E-state index in [9.17, 15) is 14.9 Å². The monoisotopic (exact) mass is 346 g/mol. The quantitative estimate of drug-likeness (QED) is 0.846. The normalized spacial score (nSPS) is 11.4. The molecule has 0 unspecified atom stereocenters. The highest BCUT2D eigenvalue weighted by Gasteiger charge is 2.28. The van der Waals surface area contributed by atoms with Crippen LogP contribution in [0.25, 0.3) is 0 Å². The summed E-state index contributed by atoms with van der Waals surface area (Å²) in [5, 5.41) is 12.3. The zero-order chi connectivity index (χ0) is 17.0. The van der Waals surface area contributed by atoms with E-state index in [2.05, 4.69) is 5.32 Å². The van der Waals surface area contributed by atoms with Crippen molar-refractivity contribution in [2.45, 2.75) is 12.8 Å². The maximum atomic E-state index is 12.3. The molecule has 6 heteroatoms. The van der Waals surface area contributed by atoms with Gasteiger partial charge in [0.15, 0.2) is 0 Å². The zero-order valence-corrected chi connectivity index (χ0v) is 13.7. The molecule has 2 aromatic carbocycles. The Morgan fingerprint density at radius 2 is 1.87 bits per heavy atom. The summed E-state index contributed by atoms with van der Waals surface area (Å²) in [5.74, 6) is -3.03. The van der Waals surface area contributed by atoms with Crippen LogP contribution in [0, 0.1) is 18.3 Å². The number of halogens is 2. The van der Waals surface area contributed by atoms with Crippen LogP contribution in [0.15, 0.2) is 42.5 Å². The van der Waals surface area contributed by atoms with Crippen LogP contribution in [0.5, 0.6) is 0 Å². The second kappa shape index (κ2) is 7.28. The van der Waals surface area contributed by atoms with E-state index in [4.69, 9.17) is 23.2 Å². The highest BCUT2D eigenvalue weighted by molar-refractivity contribution is 6.44. The molecule has 0 heterocycles. The van der Waals surface area contributed by atoms with Crippen LogP contribution in [0.4, 0.5) is 5.69 Å². The van der Waals surface area contributed by atoms with Gasteiger partial charge in [0.25, 0.3) is 5.91 Å². The van der Waals surface area contributed by atoms with E-state index in [0.717, 1.165) is 5.56 Å². The number of nitrogens with zero attached hydrogens (tertiary/aromatic N) is 1. The minimum Gasteiger partial charge on any atom is -0.319 e. The highest BCUT2D eigenvalue weighted by Crippen LogP contribution is 2.28. The van der Waals surface area contributed by atoms with Crippen molar-refractivity contribution in [3.63, 3.8) is 0 Å². The molecule has 4 nitrogen and oxygen atoms in total. The minimum atomic E-state index is -1.29. The van der Waals surface area contributed by atoms with E-state index >= 15 is 0 Å². The van der Waals surface area contributed by atoms with Gasteiger partial charge in [0.1, 0.15) is 5.92 Å². The molecule has 1 atom stereocenters. The van der Waals surface area contributed by atoms with Crippen LogP contribution in [-0.4, -0.2) is 11.7 Å². The molecule has 0 bridgehead atoms. The van der Waals surface area contributed by atoms with E-state index in [1.165, 1.54) is 18.2 Å². The Labute approximate surface area is 143 Å². The van der Waals surface area contributed by atoms with Crippen LogP contribution in [0.3, 0.4) is 0 Å². The Morgan fingerprint density at radius 3 is 2.48 bits per heavy atom. The molecule has 116 valence electrons. The van der Waals surface area contributed by atoms with Gasteiger partial charge in [-0.3, -0.25) is 9.59 Å². The van der Waals surface area contributed by atoms with Crippen LogP contribution >= 0.6 is 23.2 Å². The van der Waals surface area contributed by atoms with Crippen molar-refractivity contribution in [1.82, 2.24) is 0 Å². The molecule has 0 aliphatic rings. The number of nitriles is 1. The molecule has 0 aliphatic heterocycles. The van der Waals surface area contributed by atoms with Crippen molar-refractivity contribution in [3.05, 3.63) is 63.6 Å². The van der Waals surface area contributed by atoms with E-state index in [0.29, 0.717) is 10.7 Å². The number of nitrogens with one attached hydrogen (secondary N) is 1. The summed E-state index contributed by atoms with van der Waals surface area (Å²) in [7, 11) is 0. The topological polar surface area (TPSA) is 70.0 Å². The Bertz CT molecular complexity index is 812. The number of aryl methyl sites for hydroxylation is 1. The maximum absolute atomic E-state index is 12.3. The second-order valence-electron chi connectivity index (χ2n) is 4.86. The summed E-state index contributed by atoms with van der Waals surface area (Å²) in [5.41, 5.74) is 1.58. The van der Waals surface area contributed by atoms with Gasteiger partial charge in [0.05, 0.1) is 6.07 Å². The fourth-order valence-electron chi connectivity index (χ4n) is 2.03. The molecule has 0 radical (unpaired) electrons. The molecular formula is C17H12Cl2N2O2. The largest absolute Gasteiger partial charge is 0.319 e. The highest BCUT2D eigenvalue weighted by atomic mass is 35.5. The first-order valence-corrected chi connectivity index (χ1v) is 7.45. The van der Waals surface area contributed by atoms with Crippen molar-refractivity contribution in [2.75, 3.05) is 5.32 Å². The van der Waals surface area contributed by atoms with Crippen molar-refractivity contribution >= 4 is 40.6 Å². The number of para-hydroxylation sites is 1. The molecule has 2 aromatic rings. The fraction of sp³-hybridized carbons (Fsp3) is 0.118. The SMILES string of the molecule is Cc1ccccc1NC(=O)C(=O)[C@@H](C#N)c1ccc(Cl)cc1Cl. The average molecular weight is 347 g/mol. The van der Waals surface area contributed by atoms with E-state index < -0.39 is 17.6 Å². The van der Waals surface area contributed by atoms with Gasteiger partial charge in [-0.25, -0.2) is 0 Å². The average Bonchev–Trinajstić information content (AvgIpc) is 2.52. The van der Waals surface area contributed by atoms with Gasteiger partial charge in [-0.1, -0.05) is 47.5 Å². The van der Waals surface area contributed by atoms with Gasteiger partial charge in [-0.15, -0.1) is 0 Å². The number of anilines is 1. The lowest BCUT2D eigenvalue weighted by atomic mass is 9.95. The molecule has 23 heavy (non-hydrogen) atoms. The lowest BCUT2D eigenvalue weighted by molar-refractivity contribution is -0.135. The molecule has 2 rings (SSSR count). The van der Waals surface area contributed by atoms with E-state index in [-0.39, 0.29) is 10.6 Å². The molecule has 0 saturated heterocycles. The van der Waals surface area contributed by atoms with Gasteiger partial charge < -0.3 is 5.32 Å². The molecule has 0 aromatic heterocycles. The smallest absolute Gasteiger partial charge is 0.293 e. The van der Waals surface area contributed by atoms with Crippen LogP contribution in [0.1, 0.15) is 17.0 Å². The summed E-state index contributed by atoms with van der Waals surface area (Å²) in [6, 6.07) is 13.3. The number of rotatable bonds is 4. The molecular weight excluding hydrogens is 335 g/mol. The second-order valence-corrected chi connectivity index (χ2v) is 5.70. The third-order valence-corrected chi connectivity index (χ3v) is 3.84. The van der Waals surface area contributed by atoms with Crippen molar-refractivity contribution < 1.29 is 9.59 Å². The number of ketones is 1. The Balaban J connectivity index is 2.25. The molecule has 1 N–H and O–H groups in total. The van der Waals surface area contributed by atoms with Gasteiger partial charge in [0.2, 0.25) is 5.78 Å². The summed E-state index contributed by atoms with van der Waals surface area (Å²) in [6.07, 6.45) is 0. The van der Waals surface area contributed by atoms with E-state index in [1.807, 2.05) is 12.1 Å². The Kier molecular flexibility index (Phi) is 5.38.